The molecular weight excluding hydrogens is 222 g/mol. The average molecular weight is 241 g/mol. The molecule has 0 aliphatic heterocycles. The number of aromatic nitrogens is 2. The van der Waals surface area contributed by atoms with Gasteiger partial charge in [0.1, 0.15) is 6.04 Å². The molecule has 1 amide bonds. The Hall–Kier alpha value is -1.10. The average Bonchev–Trinajstić information content (AvgIpc) is 2.57. The van der Waals surface area contributed by atoms with Crippen LogP contribution in [0.5, 0.6) is 0 Å². The van der Waals surface area contributed by atoms with Crippen LogP contribution in [-0.4, -0.2) is 22.5 Å². The second-order valence-electron chi connectivity index (χ2n) is 4.89. The third kappa shape index (κ3) is 2.35. The topological polar surface area (TPSA) is 49.8 Å². The Morgan fingerprint density at radius 1 is 1.56 bits per heavy atom. The molecule has 1 heterocycles. The number of nitrogens with one attached hydrogen (secondary N) is 2. The van der Waals surface area contributed by atoms with Crippen LogP contribution < -0.4 is 5.32 Å². The normalized spacial score (nSPS) is 13.6. The van der Waals surface area contributed by atoms with Crippen molar-refractivity contribution >= 4 is 18.1 Å². The molecule has 4 nitrogen and oxygen atoms in total. The molecule has 0 aliphatic carbocycles. The highest BCUT2D eigenvalue weighted by molar-refractivity contribution is 7.71. The molecule has 0 bridgehead atoms. The summed E-state index contributed by atoms with van der Waals surface area (Å²) < 4.78 is 2.45. The number of amides is 1. The number of carbonyl (C=O) groups excluding carboxylic acids is 1. The summed E-state index contributed by atoms with van der Waals surface area (Å²) >= 11 is 5.21. The Labute approximate surface area is 101 Å². The van der Waals surface area contributed by atoms with Crippen LogP contribution in [-0.2, 0) is 10.2 Å². The molecule has 1 aromatic rings. The van der Waals surface area contributed by atoms with E-state index in [1.54, 1.807) is 7.05 Å². The molecule has 0 spiro atoms. The van der Waals surface area contributed by atoms with E-state index in [0.29, 0.717) is 4.77 Å². The maximum atomic E-state index is 11.6. The number of aromatic amines is 1. The lowest BCUT2D eigenvalue weighted by atomic mass is 9.92. The van der Waals surface area contributed by atoms with E-state index < -0.39 is 0 Å². The highest BCUT2D eigenvalue weighted by Crippen LogP contribution is 2.25. The maximum Gasteiger partial charge on any atom is 0.242 e. The van der Waals surface area contributed by atoms with E-state index >= 15 is 0 Å². The highest BCUT2D eigenvalue weighted by Gasteiger charge is 2.24. The molecule has 0 fully saturated rings. The lowest BCUT2D eigenvalue weighted by Crippen LogP contribution is -2.31. The van der Waals surface area contributed by atoms with Crippen LogP contribution in [0.4, 0.5) is 0 Å². The summed E-state index contributed by atoms with van der Waals surface area (Å²) in [6.07, 6.45) is 1.88. The van der Waals surface area contributed by atoms with Crippen molar-refractivity contribution in [1.29, 1.82) is 0 Å². The van der Waals surface area contributed by atoms with E-state index in [1.807, 2.05) is 17.7 Å². The molecule has 90 valence electrons. The smallest absolute Gasteiger partial charge is 0.242 e. The van der Waals surface area contributed by atoms with Gasteiger partial charge in [0, 0.05) is 24.4 Å². The molecule has 16 heavy (non-hydrogen) atoms. The fourth-order valence-electron chi connectivity index (χ4n) is 1.67. The van der Waals surface area contributed by atoms with Gasteiger partial charge < -0.3 is 14.9 Å². The number of hydrogen-bond acceptors (Lipinski definition) is 2. The first-order valence-corrected chi connectivity index (χ1v) is 5.72. The number of hydrogen-bond donors (Lipinski definition) is 2. The van der Waals surface area contributed by atoms with Crippen LogP contribution in [0.15, 0.2) is 6.20 Å². The maximum absolute atomic E-state index is 11.6. The Balaban J connectivity index is 3.28. The van der Waals surface area contributed by atoms with Crippen LogP contribution in [0.3, 0.4) is 0 Å². The first-order valence-electron chi connectivity index (χ1n) is 5.31. The molecule has 5 heteroatoms. The zero-order valence-corrected chi connectivity index (χ0v) is 11.2. The number of likely N-dealkylation sites (N-methyl/N-ethyl adjacent to an activating group) is 1. The standard InChI is InChI=1S/C11H19N3OS/c1-7(9(15)12-5)14-8(11(2,3)4)6-13-10(14)16/h6-7H,1-5H3,(H,12,15)(H,13,16). The van der Waals surface area contributed by atoms with Crippen molar-refractivity contribution in [2.75, 3.05) is 7.05 Å². The van der Waals surface area contributed by atoms with Crippen LogP contribution in [0.1, 0.15) is 39.4 Å². The van der Waals surface area contributed by atoms with Crippen LogP contribution in [0, 0.1) is 4.77 Å². The van der Waals surface area contributed by atoms with Gasteiger partial charge in [-0.05, 0) is 19.1 Å². The van der Waals surface area contributed by atoms with E-state index in [2.05, 4.69) is 31.1 Å². The quantitative estimate of drug-likeness (QED) is 0.779. The van der Waals surface area contributed by atoms with Gasteiger partial charge >= 0.3 is 0 Å². The summed E-state index contributed by atoms with van der Waals surface area (Å²) in [4.78, 5) is 14.7. The summed E-state index contributed by atoms with van der Waals surface area (Å²) in [6, 6.07) is -0.294. The van der Waals surface area contributed by atoms with Gasteiger partial charge in [0.15, 0.2) is 4.77 Å². The van der Waals surface area contributed by atoms with Gasteiger partial charge in [-0.25, -0.2) is 0 Å². The van der Waals surface area contributed by atoms with Crippen molar-refractivity contribution in [2.45, 2.75) is 39.2 Å². The van der Waals surface area contributed by atoms with E-state index in [0.717, 1.165) is 5.69 Å². The number of carbonyl (C=O) groups is 1. The molecule has 1 atom stereocenters. The molecule has 1 unspecified atom stereocenters. The van der Waals surface area contributed by atoms with E-state index in [4.69, 9.17) is 12.2 Å². The van der Waals surface area contributed by atoms with Crippen molar-refractivity contribution in [2.24, 2.45) is 0 Å². The zero-order chi connectivity index (χ0) is 12.5. The summed E-state index contributed by atoms with van der Waals surface area (Å²) in [6.45, 7) is 8.13. The van der Waals surface area contributed by atoms with Crippen molar-refractivity contribution in [3.8, 4) is 0 Å². The predicted molar refractivity (Wildman–Crippen MR) is 67.1 cm³/mol. The summed E-state index contributed by atoms with van der Waals surface area (Å²) in [5.74, 6) is -0.0406. The van der Waals surface area contributed by atoms with Crippen molar-refractivity contribution in [3.05, 3.63) is 16.7 Å². The van der Waals surface area contributed by atoms with Crippen molar-refractivity contribution in [1.82, 2.24) is 14.9 Å². The lowest BCUT2D eigenvalue weighted by molar-refractivity contribution is -0.123. The van der Waals surface area contributed by atoms with Gasteiger partial charge in [-0.15, -0.1) is 0 Å². The monoisotopic (exact) mass is 241 g/mol. The summed E-state index contributed by atoms with van der Waals surface area (Å²) in [7, 11) is 1.63. The second kappa shape index (κ2) is 4.41. The molecule has 0 saturated carbocycles. The molecule has 0 saturated heterocycles. The minimum atomic E-state index is -0.294. The van der Waals surface area contributed by atoms with Crippen LogP contribution >= 0.6 is 12.2 Å². The third-order valence-electron chi connectivity index (χ3n) is 2.59. The third-order valence-corrected chi connectivity index (χ3v) is 2.91. The highest BCUT2D eigenvalue weighted by atomic mass is 32.1. The lowest BCUT2D eigenvalue weighted by Gasteiger charge is -2.23. The second-order valence-corrected chi connectivity index (χ2v) is 5.28. The molecule has 0 radical (unpaired) electrons. The first kappa shape index (κ1) is 13.0. The van der Waals surface area contributed by atoms with Gasteiger partial charge in [0.25, 0.3) is 0 Å². The Kier molecular flexibility index (Phi) is 3.57. The molecule has 0 aliphatic rings. The number of nitrogens with zero attached hydrogens (tertiary/aromatic N) is 1. The fraction of sp³-hybridized carbons (Fsp3) is 0.636. The Morgan fingerprint density at radius 2 is 2.12 bits per heavy atom. The van der Waals surface area contributed by atoms with Gasteiger partial charge in [0.2, 0.25) is 5.91 Å². The van der Waals surface area contributed by atoms with Gasteiger partial charge in [0.05, 0.1) is 0 Å². The van der Waals surface area contributed by atoms with E-state index in [9.17, 15) is 4.79 Å². The van der Waals surface area contributed by atoms with Gasteiger partial charge in [-0.2, -0.15) is 0 Å². The SMILES string of the molecule is CNC(=O)C(C)n1c(C(C)(C)C)c[nH]c1=S. The van der Waals surface area contributed by atoms with Crippen LogP contribution in [0.2, 0.25) is 0 Å². The fourth-order valence-corrected chi connectivity index (χ4v) is 1.98. The predicted octanol–water partition coefficient (Wildman–Crippen LogP) is 2.15. The van der Waals surface area contributed by atoms with Crippen molar-refractivity contribution in [3.63, 3.8) is 0 Å². The minimum Gasteiger partial charge on any atom is -0.357 e. The van der Waals surface area contributed by atoms with Gasteiger partial charge in [-0.1, -0.05) is 20.8 Å². The van der Waals surface area contributed by atoms with Crippen molar-refractivity contribution < 1.29 is 4.79 Å². The Bertz CT molecular complexity index is 439. The van der Waals surface area contributed by atoms with Crippen LogP contribution in [0.25, 0.3) is 0 Å². The number of rotatable bonds is 2. The molecule has 0 aromatic carbocycles. The van der Waals surface area contributed by atoms with Gasteiger partial charge in [-0.3, -0.25) is 4.79 Å². The molecular formula is C11H19N3OS. The summed E-state index contributed by atoms with van der Waals surface area (Å²) in [5, 5.41) is 2.64. The largest absolute Gasteiger partial charge is 0.357 e. The first-order chi connectivity index (χ1) is 7.29. The molecule has 1 aromatic heterocycles. The minimum absolute atomic E-state index is 0.0406. The zero-order valence-electron chi connectivity index (χ0n) is 10.4. The van der Waals surface area contributed by atoms with E-state index in [1.165, 1.54) is 0 Å². The molecule has 2 N–H and O–H groups in total. The number of H-pyrrole nitrogens is 1. The Morgan fingerprint density at radius 3 is 2.56 bits per heavy atom. The van der Waals surface area contributed by atoms with E-state index in [-0.39, 0.29) is 17.4 Å². The number of imidazole rings is 1. The molecule has 1 rings (SSSR count). The summed E-state index contributed by atoms with van der Waals surface area (Å²) in [5.41, 5.74) is 0.990.